The largest absolute Gasteiger partial charge is 0.459 e. The van der Waals surface area contributed by atoms with E-state index in [9.17, 15) is 9.59 Å². The van der Waals surface area contributed by atoms with E-state index in [-0.39, 0.29) is 28.3 Å². The Kier molecular flexibility index (Phi) is 7.46. The van der Waals surface area contributed by atoms with Crippen molar-refractivity contribution >= 4 is 11.8 Å². The van der Waals surface area contributed by atoms with Gasteiger partial charge < -0.3 is 4.74 Å². The second-order valence-corrected chi connectivity index (χ2v) is 14.4. The number of rotatable bonds is 7. The minimum absolute atomic E-state index is 0.00986. The number of hydrogen-bond donors (Lipinski definition) is 0. The molecular weight excluding hydrogens is 468 g/mol. The summed E-state index contributed by atoms with van der Waals surface area (Å²) in [7, 11) is 0. The Labute approximate surface area is 231 Å². The van der Waals surface area contributed by atoms with Crippen molar-refractivity contribution < 1.29 is 14.3 Å². The van der Waals surface area contributed by atoms with Crippen molar-refractivity contribution in [3.8, 4) is 0 Å². The van der Waals surface area contributed by atoms with Crippen LogP contribution in [-0.2, 0) is 9.53 Å². The number of allylic oxidation sites excluding steroid dienone is 2. The molecule has 0 N–H and O–H groups in total. The van der Waals surface area contributed by atoms with Gasteiger partial charge in [0.05, 0.1) is 11.0 Å². The Hall–Kier alpha value is -1.90. The van der Waals surface area contributed by atoms with Gasteiger partial charge in [-0.15, -0.1) is 0 Å². The molecule has 0 amide bonds. The van der Waals surface area contributed by atoms with Crippen molar-refractivity contribution in [2.24, 2.45) is 45.8 Å². The highest BCUT2D eigenvalue weighted by Crippen LogP contribution is 2.71. The number of fused-ring (bicyclic) bond motifs is 5. The zero-order chi connectivity index (χ0) is 27.3. The summed E-state index contributed by atoms with van der Waals surface area (Å²) < 4.78 is 6.00. The van der Waals surface area contributed by atoms with E-state index >= 15 is 0 Å². The summed E-state index contributed by atoms with van der Waals surface area (Å²) in [5, 5.41) is 0. The molecule has 3 heteroatoms. The molecule has 0 bridgehead atoms. The third-order valence-corrected chi connectivity index (χ3v) is 12.1. The van der Waals surface area contributed by atoms with Crippen LogP contribution in [-0.4, -0.2) is 17.9 Å². The smallest absolute Gasteiger partial charge is 0.338 e. The Bertz CT molecular complexity index is 1070. The van der Waals surface area contributed by atoms with Crippen LogP contribution in [0.1, 0.15) is 116 Å². The van der Waals surface area contributed by atoms with Crippen LogP contribution in [0.25, 0.3) is 0 Å². The van der Waals surface area contributed by atoms with E-state index in [0.717, 1.165) is 44.4 Å². The zero-order valence-electron chi connectivity index (χ0n) is 24.7. The molecule has 38 heavy (non-hydrogen) atoms. The van der Waals surface area contributed by atoms with Crippen molar-refractivity contribution in [3.05, 3.63) is 47.5 Å². The van der Waals surface area contributed by atoms with E-state index in [4.69, 9.17) is 4.74 Å². The Morgan fingerprint density at radius 1 is 1.03 bits per heavy atom. The number of carbonyl (C=O) groups is 2. The summed E-state index contributed by atoms with van der Waals surface area (Å²) in [4.78, 5) is 26.7. The van der Waals surface area contributed by atoms with E-state index < -0.39 is 0 Å². The van der Waals surface area contributed by atoms with Gasteiger partial charge in [-0.3, -0.25) is 4.79 Å². The van der Waals surface area contributed by atoms with E-state index in [1.807, 2.05) is 30.3 Å². The molecule has 0 spiro atoms. The third kappa shape index (κ3) is 4.40. The molecule has 1 aromatic carbocycles. The molecule has 4 aliphatic rings. The van der Waals surface area contributed by atoms with Crippen molar-refractivity contribution in [2.45, 2.75) is 112 Å². The van der Waals surface area contributed by atoms with Crippen molar-refractivity contribution in [3.63, 3.8) is 0 Å². The first kappa shape index (κ1) is 27.7. The minimum atomic E-state index is -0.322. The van der Waals surface area contributed by atoms with Gasteiger partial charge in [0.1, 0.15) is 11.9 Å². The van der Waals surface area contributed by atoms with Crippen LogP contribution < -0.4 is 0 Å². The van der Waals surface area contributed by atoms with Gasteiger partial charge in [-0.05, 0) is 98.0 Å². The van der Waals surface area contributed by atoms with Gasteiger partial charge in [0, 0.05) is 6.42 Å². The molecule has 1 aromatic rings. The number of ether oxygens (including phenoxy) is 1. The monoisotopic (exact) mass is 518 g/mol. The molecular formula is C35H50O3. The van der Waals surface area contributed by atoms with Gasteiger partial charge in [-0.1, -0.05) is 83.7 Å². The number of Topliss-reactive ketones (excluding diaryl/α,β-unsaturated/α-hetero) is 1. The summed E-state index contributed by atoms with van der Waals surface area (Å²) in [6.07, 6.45) is 13.3. The first-order valence-electron chi connectivity index (χ1n) is 15.5. The maximum absolute atomic E-state index is 14.0. The van der Waals surface area contributed by atoms with Gasteiger partial charge in [0.2, 0.25) is 0 Å². The average Bonchev–Trinajstić information content (AvgIpc) is 3.10. The topological polar surface area (TPSA) is 43.4 Å². The second kappa shape index (κ2) is 10.3. The number of carbonyl (C=O) groups excluding carboxylic acids is 2. The SMILES string of the molecule is CC(C)CCCC(C)C1CC(=O)C2(C)C3=CCC4CC(OC(=O)c5ccccc5)CCC4(C)C3CCC12C. The van der Waals surface area contributed by atoms with Crippen LogP contribution in [0.4, 0.5) is 0 Å². The van der Waals surface area contributed by atoms with Crippen LogP contribution >= 0.6 is 0 Å². The minimum Gasteiger partial charge on any atom is -0.459 e. The molecule has 0 aromatic heterocycles. The van der Waals surface area contributed by atoms with E-state index in [1.165, 1.54) is 31.3 Å². The number of ketones is 1. The fourth-order valence-electron chi connectivity index (χ4n) is 9.48. The Balaban J connectivity index is 1.33. The van der Waals surface area contributed by atoms with Gasteiger partial charge in [0.15, 0.2) is 0 Å². The Morgan fingerprint density at radius 2 is 1.76 bits per heavy atom. The third-order valence-electron chi connectivity index (χ3n) is 12.1. The molecule has 8 atom stereocenters. The van der Waals surface area contributed by atoms with Crippen molar-refractivity contribution in [1.82, 2.24) is 0 Å². The highest BCUT2D eigenvalue weighted by Gasteiger charge is 2.67. The van der Waals surface area contributed by atoms with Gasteiger partial charge in [-0.2, -0.15) is 0 Å². The van der Waals surface area contributed by atoms with Gasteiger partial charge in [-0.25, -0.2) is 4.79 Å². The van der Waals surface area contributed by atoms with Gasteiger partial charge in [0.25, 0.3) is 0 Å². The maximum atomic E-state index is 14.0. The zero-order valence-corrected chi connectivity index (χ0v) is 24.7. The molecule has 0 saturated heterocycles. The molecule has 3 saturated carbocycles. The molecule has 3 fully saturated rings. The standard InChI is InChI=1S/C35H50O3/c1-23(2)11-10-12-24(3)30-22-31(36)35(6)29-16-15-26-21-27(38-32(37)25-13-8-7-9-14-25)17-19-33(26,4)28(29)18-20-34(30,35)5/h7-9,13-14,16,23-24,26-28,30H,10-12,15,17-22H2,1-6H3. The quantitative estimate of drug-likeness (QED) is 0.267. The fourth-order valence-corrected chi connectivity index (χ4v) is 9.48. The van der Waals surface area contributed by atoms with Crippen LogP contribution in [0.15, 0.2) is 42.0 Å². The van der Waals surface area contributed by atoms with E-state index in [0.29, 0.717) is 35.0 Å². The Morgan fingerprint density at radius 3 is 2.47 bits per heavy atom. The molecule has 5 rings (SSSR count). The lowest BCUT2D eigenvalue weighted by molar-refractivity contribution is -0.131. The molecule has 8 unspecified atom stereocenters. The predicted molar refractivity (Wildman–Crippen MR) is 154 cm³/mol. The van der Waals surface area contributed by atoms with Crippen molar-refractivity contribution in [1.29, 1.82) is 0 Å². The normalized spacial score (nSPS) is 39.1. The summed E-state index contributed by atoms with van der Waals surface area (Å²) >= 11 is 0. The van der Waals surface area contributed by atoms with Crippen LogP contribution in [0.3, 0.4) is 0 Å². The summed E-state index contributed by atoms with van der Waals surface area (Å²) in [6, 6.07) is 9.38. The highest BCUT2D eigenvalue weighted by molar-refractivity contribution is 5.92. The number of benzene rings is 1. The molecule has 4 aliphatic carbocycles. The average molecular weight is 519 g/mol. The maximum Gasteiger partial charge on any atom is 0.338 e. The van der Waals surface area contributed by atoms with Crippen LogP contribution in [0, 0.1) is 45.8 Å². The summed E-state index contributed by atoms with van der Waals surface area (Å²) in [5.74, 6) is 3.14. The van der Waals surface area contributed by atoms with Crippen LogP contribution in [0.5, 0.6) is 0 Å². The summed E-state index contributed by atoms with van der Waals surface area (Å²) in [5.41, 5.74) is 2.04. The first-order valence-corrected chi connectivity index (χ1v) is 15.5. The summed E-state index contributed by atoms with van der Waals surface area (Å²) in [6.45, 7) is 14.3. The molecule has 3 nitrogen and oxygen atoms in total. The highest BCUT2D eigenvalue weighted by atomic mass is 16.5. The first-order chi connectivity index (χ1) is 18.0. The predicted octanol–water partition coefficient (Wildman–Crippen LogP) is 8.82. The van der Waals surface area contributed by atoms with Gasteiger partial charge >= 0.3 is 5.97 Å². The lowest BCUT2D eigenvalue weighted by atomic mass is 9.43. The number of esters is 1. The lowest BCUT2D eigenvalue weighted by Gasteiger charge is -2.60. The number of hydrogen-bond acceptors (Lipinski definition) is 3. The van der Waals surface area contributed by atoms with Crippen molar-refractivity contribution in [2.75, 3.05) is 0 Å². The molecule has 0 radical (unpaired) electrons. The lowest BCUT2D eigenvalue weighted by Crippen LogP contribution is -2.55. The fraction of sp³-hybridized carbons (Fsp3) is 0.714. The molecule has 0 heterocycles. The van der Waals surface area contributed by atoms with E-state index in [1.54, 1.807) is 0 Å². The molecule has 208 valence electrons. The second-order valence-electron chi connectivity index (χ2n) is 14.4. The molecule has 0 aliphatic heterocycles. The van der Waals surface area contributed by atoms with E-state index in [2.05, 4.69) is 47.6 Å². The van der Waals surface area contributed by atoms with Crippen LogP contribution in [0.2, 0.25) is 0 Å².